The van der Waals surface area contributed by atoms with Crippen LogP contribution in [0.15, 0.2) is 42.7 Å². The molecule has 0 radical (unpaired) electrons. The summed E-state index contributed by atoms with van der Waals surface area (Å²) in [6.07, 6.45) is 3.82. The molecule has 0 amide bonds. The molecular formula is C15H17NO3. The highest BCUT2D eigenvalue weighted by molar-refractivity contribution is 5.45. The largest absolute Gasteiger partial charge is 0.504 e. The molecule has 0 fully saturated rings. The van der Waals surface area contributed by atoms with Crippen LogP contribution in [0.3, 0.4) is 0 Å². The van der Waals surface area contributed by atoms with Gasteiger partial charge in [0.25, 0.3) is 0 Å². The summed E-state index contributed by atoms with van der Waals surface area (Å²) in [5.41, 5.74) is 1.55. The number of pyridine rings is 1. The van der Waals surface area contributed by atoms with E-state index in [-0.39, 0.29) is 5.75 Å². The van der Waals surface area contributed by atoms with Crippen LogP contribution in [0.2, 0.25) is 0 Å². The zero-order chi connectivity index (χ0) is 13.7. The molecule has 0 aliphatic carbocycles. The third-order valence-electron chi connectivity index (χ3n) is 3.06. The number of phenols is 1. The number of aromatic nitrogens is 1. The fourth-order valence-corrected chi connectivity index (χ4v) is 1.97. The van der Waals surface area contributed by atoms with Gasteiger partial charge in [-0.3, -0.25) is 4.98 Å². The van der Waals surface area contributed by atoms with E-state index >= 15 is 0 Å². The Hall–Kier alpha value is -2.07. The van der Waals surface area contributed by atoms with Crippen molar-refractivity contribution in [1.29, 1.82) is 0 Å². The van der Waals surface area contributed by atoms with Crippen molar-refractivity contribution in [3.8, 4) is 11.5 Å². The molecule has 2 rings (SSSR count). The molecular weight excluding hydrogens is 242 g/mol. The first-order valence-corrected chi connectivity index (χ1v) is 6.15. The number of hydrogen-bond acceptors (Lipinski definition) is 4. The van der Waals surface area contributed by atoms with E-state index < -0.39 is 6.10 Å². The predicted molar refractivity (Wildman–Crippen MR) is 72.2 cm³/mol. The van der Waals surface area contributed by atoms with E-state index in [1.807, 2.05) is 18.2 Å². The smallest absolute Gasteiger partial charge is 0.160 e. The number of benzene rings is 1. The lowest BCUT2D eigenvalue weighted by atomic mass is 10.0. The molecule has 2 N–H and O–H groups in total. The molecule has 1 heterocycles. The number of nitrogens with zero attached hydrogens (tertiary/aromatic N) is 1. The lowest BCUT2D eigenvalue weighted by molar-refractivity contribution is 0.167. The molecule has 4 nitrogen and oxygen atoms in total. The quantitative estimate of drug-likeness (QED) is 0.865. The Labute approximate surface area is 112 Å². The fraction of sp³-hybridized carbons (Fsp3) is 0.267. The number of methoxy groups -OCH3 is 1. The van der Waals surface area contributed by atoms with Crippen molar-refractivity contribution in [3.63, 3.8) is 0 Å². The first-order chi connectivity index (χ1) is 9.22. The van der Waals surface area contributed by atoms with E-state index in [0.717, 1.165) is 11.1 Å². The van der Waals surface area contributed by atoms with E-state index in [2.05, 4.69) is 4.98 Å². The van der Waals surface area contributed by atoms with Gasteiger partial charge in [0.05, 0.1) is 13.2 Å². The van der Waals surface area contributed by atoms with E-state index in [4.69, 9.17) is 4.74 Å². The van der Waals surface area contributed by atoms with Crippen molar-refractivity contribution in [3.05, 3.63) is 53.9 Å². The molecule has 0 aliphatic heterocycles. The van der Waals surface area contributed by atoms with E-state index in [0.29, 0.717) is 18.6 Å². The van der Waals surface area contributed by atoms with Crippen LogP contribution >= 0.6 is 0 Å². The number of aliphatic hydroxyl groups is 1. The van der Waals surface area contributed by atoms with Gasteiger partial charge in [-0.15, -0.1) is 0 Å². The van der Waals surface area contributed by atoms with Crippen LogP contribution < -0.4 is 4.74 Å². The third-order valence-corrected chi connectivity index (χ3v) is 3.06. The summed E-state index contributed by atoms with van der Waals surface area (Å²) < 4.78 is 5.05. The maximum Gasteiger partial charge on any atom is 0.160 e. The molecule has 1 unspecified atom stereocenters. The van der Waals surface area contributed by atoms with Crippen molar-refractivity contribution in [2.24, 2.45) is 0 Å². The summed E-state index contributed by atoms with van der Waals surface area (Å²) in [5.74, 6) is 0.594. The molecule has 4 heteroatoms. The Morgan fingerprint density at radius 3 is 2.79 bits per heavy atom. The van der Waals surface area contributed by atoms with Crippen molar-refractivity contribution in [2.45, 2.75) is 18.9 Å². The number of hydrogen-bond donors (Lipinski definition) is 2. The molecule has 0 spiro atoms. The predicted octanol–water partition coefficient (Wildman–Crippen LogP) is 2.46. The Balaban J connectivity index is 2.03. The summed E-state index contributed by atoms with van der Waals surface area (Å²) in [6, 6.07) is 8.99. The molecule has 19 heavy (non-hydrogen) atoms. The topological polar surface area (TPSA) is 62.6 Å². The molecule has 1 atom stereocenters. The van der Waals surface area contributed by atoms with Crippen molar-refractivity contribution < 1.29 is 14.9 Å². The Morgan fingerprint density at radius 1 is 1.26 bits per heavy atom. The normalized spacial score (nSPS) is 12.1. The number of para-hydroxylation sites is 1. The highest BCUT2D eigenvalue weighted by Crippen LogP contribution is 2.31. The van der Waals surface area contributed by atoms with Crippen LogP contribution in [0.1, 0.15) is 23.7 Å². The molecule has 1 aromatic carbocycles. The van der Waals surface area contributed by atoms with Gasteiger partial charge in [-0.25, -0.2) is 0 Å². The van der Waals surface area contributed by atoms with E-state index in [1.165, 1.54) is 7.11 Å². The minimum atomic E-state index is -0.584. The number of aromatic hydroxyl groups is 1. The zero-order valence-corrected chi connectivity index (χ0v) is 10.8. The average molecular weight is 259 g/mol. The summed E-state index contributed by atoms with van der Waals surface area (Å²) >= 11 is 0. The second-order valence-electron chi connectivity index (χ2n) is 4.31. The maximum absolute atomic E-state index is 10.0. The van der Waals surface area contributed by atoms with Crippen LogP contribution in [0, 0.1) is 0 Å². The first-order valence-electron chi connectivity index (χ1n) is 6.15. The lowest BCUT2D eigenvalue weighted by Gasteiger charge is -2.12. The van der Waals surface area contributed by atoms with Crippen LogP contribution in [0.25, 0.3) is 0 Å². The number of ether oxygens (including phenoxy) is 1. The Kier molecular flexibility index (Phi) is 4.36. The number of aryl methyl sites for hydroxylation is 1. The lowest BCUT2D eigenvalue weighted by Crippen LogP contribution is -2.00. The molecule has 1 aromatic heterocycles. The van der Waals surface area contributed by atoms with Crippen LogP contribution in [0.5, 0.6) is 11.5 Å². The zero-order valence-electron chi connectivity index (χ0n) is 10.8. The summed E-state index contributed by atoms with van der Waals surface area (Å²) in [6.45, 7) is 0. The molecule has 0 aliphatic rings. The van der Waals surface area contributed by atoms with Gasteiger partial charge in [0.2, 0.25) is 0 Å². The standard InChI is InChI=1S/C15H17NO3/c1-19-14-6-2-4-11(15(14)18)7-8-13(17)12-5-3-9-16-10-12/h2-6,9-10,13,17-18H,7-8H2,1H3. The van der Waals surface area contributed by atoms with Gasteiger partial charge >= 0.3 is 0 Å². The first kappa shape index (κ1) is 13.4. The minimum absolute atomic E-state index is 0.142. The Morgan fingerprint density at radius 2 is 2.11 bits per heavy atom. The minimum Gasteiger partial charge on any atom is -0.504 e. The van der Waals surface area contributed by atoms with Crippen molar-refractivity contribution in [2.75, 3.05) is 7.11 Å². The van der Waals surface area contributed by atoms with Gasteiger partial charge in [-0.1, -0.05) is 18.2 Å². The van der Waals surface area contributed by atoms with Gasteiger partial charge in [-0.05, 0) is 36.1 Å². The maximum atomic E-state index is 10.0. The SMILES string of the molecule is COc1cccc(CCC(O)c2cccnc2)c1O. The molecule has 0 saturated carbocycles. The monoisotopic (exact) mass is 259 g/mol. The van der Waals surface area contributed by atoms with Gasteiger partial charge in [0, 0.05) is 12.4 Å². The van der Waals surface area contributed by atoms with Crippen LogP contribution in [0.4, 0.5) is 0 Å². The van der Waals surface area contributed by atoms with Gasteiger partial charge in [-0.2, -0.15) is 0 Å². The molecule has 0 bridgehead atoms. The average Bonchev–Trinajstić information content (AvgIpc) is 2.47. The summed E-state index contributed by atoms with van der Waals surface area (Å²) in [7, 11) is 1.52. The van der Waals surface area contributed by atoms with Crippen LogP contribution in [-0.4, -0.2) is 22.3 Å². The molecule has 100 valence electrons. The molecule has 0 saturated heterocycles. The number of rotatable bonds is 5. The molecule has 2 aromatic rings. The summed E-state index contributed by atoms with van der Waals surface area (Å²) in [4.78, 5) is 3.98. The van der Waals surface area contributed by atoms with Crippen LogP contribution in [-0.2, 0) is 6.42 Å². The van der Waals surface area contributed by atoms with E-state index in [1.54, 1.807) is 24.5 Å². The number of phenolic OH excluding ortho intramolecular Hbond substituents is 1. The fourth-order valence-electron chi connectivity index (χ4n) is 1.97. The Bertz CT molecular complexity index is 528. The van der Waals surface area contributed by atoms with Gasteiger partial charge < -0.3 is 14.9 Å². The summed E-state index contributed by atoms with van der Waals surface area (Å²) in [5, 5.41) is 20.0. The second-order valence-corrected chi connectivity index (χ2v) is 4.31. The van der Waals surface area contributed by atoms with E-state index in [9.17, 15) is 10.2 Å². The third kappa shape index (κ3) is 3.23. The van der Waals surface area contributed by atoms with Gasteiger partial charge in [0.1, 0.15) is 0 Å². The highest BCUT2D eigenvalue weighted by atomic mass is 16.5. The number of aliphatic hydroxyl groups excluding tert-OH is 1. The van der Waals surface area contributed by atoms with Crippen molar-refractivity contribution in [1.82, 2.24) is 4.98 Å². The van der Waals surface area contributed by atoms with Crippen molar-refractivity contribution >= 4 is 0 Å². The second kappa shape index (κ2) is 6.20. The van der Waals surface area contributed by atoms with Gasteiger partial charge in [0.15, 0.2) is 11.5 Å². The highest BCUT2D eigenvalue weighted by Gasteiger charge is 2.11.